The Bertz CT molecular complexity index is 447. The summed E-state index contributed by atoms with van der Waals surface area (Å²) in [6, 6.07) is 4.93. The monoisotopic (exact) mass is 250 g/mol. The van der Waals surface area contributed by atoms with Gasteiger partial charge in [-0.1, -0.05) is 19.4 Å². The molecular weight excluding hydrogens is 231 g/mol. The molecule has 3 nitrogen and oxygen atoms in total. The van der Waals surface area contributed by atoms with Crippen LogP contribution in [0.5, 0.6) is 0 Å². The van der Waals surface area contributed by atoms with Crippen molar-refractivity contribution in [1.29, 1.82) is 0 Å². The van der Waals surface area contributed by atoms with E-state index in [0.29, 0.717) is 18.2 Å². The third-order valence-corrected chi connectivity index (χ3v) is 3.47. The first-order chi connectivity index (χ1) is 8.61. The molecule has 2 unspecified atom stereocenters. The van der Waals surface area contributed by atoms with Crippen LogP contribution < -0.4 is 11.1 Å². The molecule has 1 aromatic carbocycles. The van der Waals surface area contributed by atoms with Crippen molar-refractivity contribution < 1.29 is 9.18 Å². The SMILES string of the molecule is CCCC1CC1NCc1ccc(C(N)=O)cc1F. The molecule has 0 aromatic heterocycles. The molecule has 1 fully saturated rings. The van der Waals surface area contributed by atoms with Gasteiger partial charge in [0.1, 0.15) is 5.82 Å². The van der Waals surface area contributed by atoms with Crippen molar-refractivity contribution in [3.63, 3.8) is 0 Å². The van der Waals surface area contributed by atoms with E-state index in [9.17, 15) is 9.18 Å². The number of carbonyl (C=O) groups is 1. The molecule has 1 saturated carbocycles. The number of hydrogen-bond donors (Lipinski definition) is 2. The second kappa shape index (κ2) is 5.48. The van der Waals surface area contributed by atoms with Gasteiger partial charge in [-0.05, 0) is 30.9 Å². The van der Waals surface area contributed by atoms with Crippen LogP contribution in [0.1, 0.15) is 42.1 Å². The van der Waals surface area contributed by atoms with E-state index in [4.69, 9.17) is 5.73 Å². The summed E-state index contributed by atoms with van der Waals surface area (Å²) in [4.78, 5) is 10.9. The van der Waals surface area contributed by atoms with Crippen LogP contribution in [-0.4, -0.2) is 11.9 Å². The number of primary amides is 1. The van der Waals surface area contributed by atoms with Crippen molar-refractivity contribution >= 4 is 5.91 Å². The summed E-state index contributed by atoms with van der Waals surface area (Å²) in [5, 5.41) is 3.34. The molecule has 98 valence electrons. The van der Waals surface area contributed by atoms with Crippen molar-refractivity contribution in [2.45, 2.75) is 38.8 Å². The van der Waals surface area contributed by atoms with E-state index in [-0.39, 0.29) is 11.4 Å². The van der Waals surface area contributed by atoms with Crippen molar-refractivity contribution in [1.82, 2.24) is 5.32 Å². The summed E-state index contributed by atoms with van der Waals surface area (Å²) in [6.07, 6.45) is 3.63. The molecule has 18 heavy (non-hydrogen) atoms. The Hall–Kier alpha value is -1.42. The molecular formula is C14H19FN2O. The zero-order valence-electron chi connectivity index (χ0n) is 10.6. The quantitative estimate of drug-likeness (QED) is 0.813. The molecule has 0 radical (unpaired) electrons. The fraction of sp³-hybridized carbons (Fsp3) is 0.500. The van der Waals surface area contributed by atoms with E-state index in [2.05, 4.69) is 12.2 Å². The maximum Gasteiger partial charge on any atom is 0.248 e. The molecule has 0 spiro atoms. The van der Waals surface area contributed by atoms with Gasteiger partial charge in [-0.15, -0.1) is 0 Å². The minimum absolute atomic E-state index is 0.214. The largest absolute Gasteiger partial charge is 0.366 e. The molecule has 3 N–H and O–H groups in total. The molecule has 2 atom stereocenters. The number of benzene rings is 1. The highest BCUT2D eigenvalue weighted by Gasteiger charge is 2.35. The lowest BCUT2D eigenvalue weighted by Gasteiger charge is -2.06. The number of hydrogen-bond acceptors (Lipinski definition) is 2. The molecule has 1 amide bonds. The van der Waals surface area contributed by atoms with Crippen LogP contribution >= 0.6 is 0 Å². The third-order valence-electron chi connectivity index (χ3n) is 3.47. The molecule has 2 rings (SSSR count). The fourth-order valence-electron chi connectivity index (χ4n) is 2.27. The molecule has 0 bridgehead atoms. The Kier molecular flexibility index (Phi) is 3.97. The van der Waals surface area contributed by atoms with Gasteiger partial charge in [0.2, 0.25) is 5.91 Å². The predicted octanol–water partition coefficient (Wildman–Crippen LogP) is 2.20. The van der Waals surface area contributed by atoms with E-state index >= 15 is 0 Å². The molecule has 0 saturated heterocycles. The summed E-state index contributed by atoms with van der Waals surface area (Å²) in [5.41, 5.74) is 5.89. The van der Waals surface area contributed by atoms with Crippen molar-refractivity contribution in [3.8, 4) is 0 Å². The molecule has 0 aliphatic heterocycles. The lowest BCUT2D eigenvalue weighted by molar-refractivity contribution is 0.1000. The number of carbonyl (C=O) groups excluding carboxylic acids is 1. The van der Waals surface area contributed by atoms with Gasteiger partial charge in [0.15, 0.2) is 0 Å². The Morgan fingerprint density at radius 3 is 2.94 bits per heavy atom. The normalized spacial score (nSPS) is 21.9. The maximum absolute atomic E-state index is 13.7. The number of nitrogens with one attached hydrogen (secondary N) is 1. The van der Waals surface area contributed by atoms with E-state index in [0.717, 1.165) is 5.92 Å². The Morgan fingerprint density at radius 2 is 2.33 bits per heavy atom. The van der Waals surface area contributed by atoms with Gasteiger partial charge < -0.3 is 11.1 Å². The first-order valence-corrected chi connectivity index (χ1v) is 6.43. The molecule has 1 aromatic rings. The Morgan fingerprint density at radius 1 is 1.56 bits per heavy atom. The second-order valence-corrected chi connectivity index (χ2v) is 4.94. The first-order valence-electron chi connectivity index (χ1n) is 6.43. The highest BCUT2D eigenvalue weighted by atomic mass is 19.1. The molecule has 1 aliphatic rings. The number of nitrogens with two attached hydrogens (primary N) is 1. The number of rotatable bonds is 6. The Balaban J connectivity index is 1.89. The summed E-state index contributed by atoms with van der Waals surface area (Å²) in [7, 11) is 0. The van der Waals surface area contributed by atoms with Crippen molar-refractivity contribution in [2.24, 2.45) is 11.7 Å². The van der Waals surface area contributed by atoms with E-state index in [1.54, 1.807) is 12.1 Å². The number of amides is 1. The zero-order chi connectivity index (χ0) is 13.1. The van der Waals surface area contributed by atoms with Gasteiger partial charge in [-0.25, -0.2) is 4.39 Å². The molecule has 4 heteroatoms. The highest BCUT2D eigenvalue weighted by molar-refractivity contribution is 5.92. The van der Waals surface area contributed by atoms with Crippen molar-refractivity contribution in [3.05, 3.63) is 35.1 Å². The van der Waals surface area contributed by atoms with Gasteiger partial charge in [0, 0.05) is 23.7 Å². The van der Waals surface area contributed by atoms with Gasteiger partial charge in [0.05, 0.1) is 0 Å². The zero-order valence-corrected chi connectivity index (χ0v) is 10.6. The van der Waals surface area contributed by atoms with Crippen LogP contribution in [0.4, 0.5) is 4.39 Å². The number of halogens is 1. The van der Waals surface area contributed by atoms with Gasteiger partial charge in [-0.2, -0.15) is 0 Å². The third kappa shape index (κ3) is 3.07. The van der Waals surface area contributed by atoms with E-state index < -0.39 is 5.91 Å². The van der Waals surface area contributed by atoms with Crippen molar-refractivity contribution in [2.75, 3.05) is 0 Å². The molecule has 1 aliphatic carbocycles. The van der Waals surface area contributed by atoms with Crippen LogP contribution in [0.3, 0.4) is 0 Å². The van der Waals surface area contributed by atoms with E-state index in [1.165, 1.54) is 25.3 Å². The van der Waals surface area contributed by atoms with Crippen LogP contribution in [0, 0.1) is 11.7 Å². The van der Waals surface area contributed by atoms with Crippen LogP contribution in [0.25, 0.3) is 0 Å². The first kappa shape index (κ1) is 13.0. The summed E-state index contributed by atoms with van der Waals surface area (Å²) >= 11 is 0. The minimum atomic E-state index is -0.599. The lowest BCUT2D eigenvalue weighted by Crippen LogP contribution is -2.19. The summed E-state index contributed by atoms with van der Waals surface area (Å²) in [6.45, 7) is 2.69. The Labute approximate surface area is 107 Å². The van der Waals surface area contributed by atoms with Crippen LogP contribution in [0.2, 0.25) is 0 Å². The lowest BCUT2D eigenvalue weighted by atomic mass is 10.1. The highest BCUT2D eigenvalue weighted by Crippen LogP contribution is 2.34. The van der Waals surface area contributed by atoms with Gasteiger partial charge in [-0.3, -0.25) is 4.79 Å². The van der Waals surface area contributed by atoms with Crippen LogP contribution in [0.15, 0.2) is 18.2 Å². The smallest absolute Gasteiger partial charge is 0.248 e. The second-order valence-electron chi connectivity index (χ2n) is 4.94. The molecule has 0 heterocycles. The summed E-state index contributed by atoms with van der Waals surface area (Å²) in [5.74, 6) is -0.215. The fourth-order valence-corrected chi connectivity index (χ4v) is 2.27. The summed E-state index contributed by atoms with van der Waals surface area (Å²) < 4.78 is 13.7. The van der Waals surface area contributed by atoms with Gasteiger partial charge in [0.25, 0.3) is 0 Å². The average Bonchev–Trinajstić information content (AvgIpc) is 3.06. The topological polar surface area (TPSA) is 55.1 Å². The maximum atomic E-state index is 13.7. The predicted molar refractivity (Wildman–Crippen MR) is 68.6 cm³/mol. The van der Waals surface area contributed by atoms with Gasteiger partial charge >= 0.3 is 0 Å². The minimum Gasteiger partial charge on any atom is -0.366 e. The standard InChI is InChI=1S/C14H19FN2O/c1-2-3-9-7-13(9)17-8-11-5-4-10(14(16)18)6-12(11)15/h4-6,9,13,17H,2-3,7-8H2,1H3,(H2,16,18). The average molecular weight is 250 g/mol. The van der Waals surface area contributed by atoms with E-state index in [1.807, 2.05) is 0 Å². The van der Waals surface area contributed by atoms with Crippen LogP contribution in [-0.2, 0) is 6.54 Å².